The Morgan fingerprint density at radius 2 is 2.05 bits per heavy atom. The number of nitrogens with one attached hydrogen (secondary N) is 1. The fourth-order valence-electron chi connectivity index (χ4n) is 1.98. The predicted octanol–water partition coefficient (Wildman–Crippen LogP) is 2.60. The molecule has 6 heteroatoms. The molecule has 0 saturated carbocycles. The summed E-state index contributed by atoms with van der Waals surface area (Å²) in [5.74, 6) is 1.12. The monoisotopic (exact) mass is 296 g/mol. The zero-order valence-corrected chi connectivity index (χ0v) is 11.5. The van der Waals surface area contributed by atoms with Crippen LogP contribution in [0.4, 0.5) is 5.69 Å². The van der Waals surface area contributed by atoms with Gasteiger partial charge in [-0.15, -0.1) is 0 Å². The Labute approximate surface area is 126 Å². The molecule has 2 aromatic rings. The lowest BCUT2D eigenvalue weighted by Gasteiger charge is -2.18. The number of hydrogen-bond donors (Lipinski definition) is 1. The first-order valence-electron chi connectivity index (χ1n) is 6.62. The van der Waals surface area contributed by atoms with Gasteiger partial charge in [-0.05, 0) is 24.3 Å². The van der Waals surface area contributed by atoms with E-state index in [-0.39, 0.29) is 5.57 Å². The number of carbonyl (C=O) groups is 1. The highest BCUT2D eigenvalue weighted by atomic mass is 16.6. The quantitative estimate of drug-likeness (QED) is 0.695. The van der Waals surface area contributed by atoms with Crippen LogP contribution < -0.4 is 14.8 Å². The normalized spacial score (nSPS) is 13.3. The lowest BCUT2D eigenvalue weighted by molar-refractivity contribution is -0.112. The van der Waals surface area contributed by atoms with Crippen molar-refractivity contribution in [1.29, 1.82) is 5.26 Å². The van der Waals surface area contributed by atoms with Crippen LogP contribution in [0.25, 0.3) is 6.08 Å². The topological polar surface area (TPSA) is 84.5 Å². The molecule has 1 aromatic heterocycles. The van der Waals surface area contributed by atoms with Gasteiger partial charge in [0.15, 0.2) is 11.5 Å². The van der Waals surface area contributed by atoms with E-state index in [9.17, 15) is 4.79 Å². The van der Waals surface area contributed by atoms with Crippen molar-refractivity contribution in [3.63, 3.8) is 0 Å². The fraction of sp³-hybridized carbons (Fsp3) is 0.125. The number of ether oxygens (including phenoxy) is 2. The highest BCUT2D eigenvalue weighted by Crippen LogP contribution is 2.32. The smallest absolute Gasteiger partial charge is 0.266 e. The number of rotatable bonds is 3. The van der Waals surface area contributed by atoms with E-state index in [4.69, 9.17) is 19.2 Å². The maximum atomic E-state index is 12.1. The van der Waals surface area contributed by atoms with Crippen LogP contribution in [0.15, 0.2) is 46.6 Å². The number of furan rings is 1. The van der Waals surface area contributed by atoms with Gasteiger partial charge in [-0.1, -0.05) is 0 Å². The summed E-state index contributed by atoms with van der Waals surface area (Å²) in [7, 11) is 0. The van der Waals surface area contributed by atoms with E-state index < -0.39 is 5.91 Å². The molecule has 22 heavy (non-hydrogen) atoms. The third-order valence-corrected chi connectivity index (χ3v) is 2.99. The van der Waals surface area contributed by atoms with Gasteiger partial charge in [0.05, 0.1) is 6.26 Å². The average Bonchev–Trinajstić information content (AvgIpc) is 3.05. The largest absolute Gasteiger partial charge is 0.486 e. The second-order valence-electron chi connectivity index (χ2n) is 4.50. The Hall–Kier alpha value is -3.20. The molecule has 0 bridgehead atoms. The van der Waals surface area contributed by atoms with E-state index in [2.05, 4.69) is 5.32 Å². The van der Waals surface area contributed by atoms with E-state index >= 15 is 0 Å². The van der Waals surface area contributed by atoms with Crippen molar-refractivity contribution >= 4 is 17.7 Å². The van der Waals surface area contributed by atoms with Crippen LogP contribution in [-0.2, 0) is 4.79 Å². The van der Waals surface area contributed by atoms with Crippen molar-refractivity contribution < 1.29 is 18.7 Å². The zero-order valence-electron chi connectivity index (χ0n) is 11.5. The minimum Gasteiger partial charge on any atom is -0.486 e. The minimum atomic E-state index is -0.518. The summed E-state index contributed by atoms with van der Waals surface area (Å²) in [6.45, 7) is 0.968. The summed E-state index contributed by atoms with van der Waals surface area (Å²) >= 11 is 0. The molecule has 1 aliphatic heterocycles. The van der Waals surface area contributed by atoms with E-state index in [1.165, 1.54) is 12.3 Å². The molecule has 1 aromatic carbocycles. The maximum Gasteiger partial charge on any atom is 0.266 e. The predicted molar refractivity (Wildman–Crippen MR) is 78.4 cm³/mol. The molecule has 0 atom stereocenters. The Bertz CT molecular complexity index is 757. The second-order valence-corrected chi connectivity index (χ2v) is 4.50. The number of nitriles is 1. The molecule has 0 radical (unpaired) electrons. The summed E-state index contributed by atoms with van der Waals surface area (Å²) in [5.41, 5.74) is 0.472. The van der Waals surface area contributed by atoms with E-state index in [0.29, 0.717) is 36.2 Å². The lowest BCUT2D eigenvalue weighted by Crippen LogP contribution is -2.17. The standard InChI is InChI=1S/C16H12N2O4/c17-10-11(8-13-2-1-5-20-13)16(19)18-12-3-4-14-15(9-12)22-7-6-21-14/h1-5,8-9H,6-7H2,(H,18,19)/b11-8+. The van der Waals surface area contributed by atoms with E-state index in [0.717, 1.165) is 0 Å². The summed E-state index contributed by atoms with van der Waals surface area (Å²) in [6, 6.07) is 10.3. The SMILES string of the molecule is N#C/C(=C\c1ccco1)C(=O)Nc1ccc2c(c1)OCCO2. The first-order chi connectivity index (χ1) is 10.8. The Balaban J connectivity index is 1.77. The molecule has 0 fully saturated rings. The summed E-state index contributed by atoms with van der Waals surface area (Å²) in [6.07, 6.45) is 2.85. The molecule has 1 aliphatic rings. The number of amides is 1. The van der Waals surface area contributed by atoms with Crippen LogP contribution in [0.1, 0.15) is 5.76 Å². The number of nitrogens with zero attached hydrogens (tertiary/aromatic N) is 1. The molecule has 0 aliphatic carbocycles. The van der Waals surface area contributed by atoms with Crippen molar-refractivity contribution in [1.82, 2.24) is 0 Å². The van der Waals surface area contributed by atoms with Crippen LogP contribution in [0.2, 0.25) is 0 Å². The number of anilines is 1. The van der Waals surface area contributed by atoms with Crippen molar-refractivity contribution in [2.75, 3.05) is 18.5 Å². The van der Waals surface area contributed by atoms with Crippen LogP contribution >= 0.6 is 0 Å². The summed E-state index contributed by atoms with van der Waals surface area (Å²) < 4.78 is 16.0. The molecule has 0 saturated heterocycles. The van der Waals surface area contributed by atoms with Gasteiger partial charge in [0.25, 0.3) is 5.91 Å². The Morgan fingerprint density at radius 3 is 2.77 bits per heavy atom. The van der Waals surface area contributed by atoms with Crippen molar-refractivity contribution in [3.05, 3.63) is 47.9 Å². The van der Waals surface area contributed by atoms with E-state index in [1.54, 1.807) is 30.3 Å². The molecular weight excluding hydrogens is 284 g/mol. The Morgan fingerprint density at radius 1 is 1.23 bits per heavy atom. The first-order valence-corrected chi connectivity index (χ1v) is 6.62. The fourth-order valence-corrected chi connectivity index (χ4v) is 1.98. The molecule has 1 N–H and O–H groups in total. The molecule has 6 nitrogen and oxygen atoms in total. The highest BCUT2D eigenvalue weighted by molar-refractivity contribution is 6.09. The lowest BCUT2D eigenvalue weighted by atomic mass is 10.2. The highest BCUT2D eigenvalue weighted by Gasteiger charge is 2.14. The molecular formula is C16H12N2O4. The van der Waals surface area contributed by atoms with Gasteiger partial charge in [0.1, 0.15) is 30.6 Å². The maximum absolute atomic E-state index is 12.1. The molecule has 0 unspecified atom stereocenters. The Kier molecular flexibility index (Phi) is 3.79. The zero-order chi connectivity index (χ0) is 15.4. The van der Waals surface area contributed by atoms with Gasteiger partial charge in [0, 0.05) is 17.8 Å². The van der Waals surface area contributed by atoms with Crippen molar-refractivity contribution in [3.8, 4) is 17.6 Å². The van der Waals surface area contributed by atoms with Gasteiger partial charge in [-0.3, -0.25) is 4.79 Å². The number of carbonyl (C=O) groups excluding carboxylic acids is 1. The van der Waals surface area contributed by atoms with Gasteiger partial charge in [0.2, 0.25) is 0 Å². The molecule has 3 rings (SSSR count). The average molecular weight is 296 g/mol. The minimum absolute atomic E-state index is 0.0511. The summed E-state index contributed by atoms with van der Waals surface area (Å²) in [4.78, 5) is 12.1. The van der Waals surface area contributed by atoms with Gasteiger partial charge < -0.3 is 19.2 Å². The molecule has 110 valence electrons. The third kappa shape index (κ3) is 2.94. The van der Waals surface area contributed by atoms with Gasteiger partial charge in [-0.25, -0.2) is 0 Å². The molecule has 2 heterocycles. The van der Waals surface area contributed by atoms with E-state index in [1.807, 2.05) is 6.07 Å². The number of hydrogen-bond acceptors (Lipinski definition) is 5. The van der Waals surface area contributed by atoms with Crippen LogP contribution in [0, 0.1) is 11.3 Å². The van der Waals surface area contributed by atoms with Crippen molar-refractivity contribution in [2.24, 2.45) is 0 Å². The van der Waals surface area contributed by atoms with Crippen molar-refractivity contribution in [2.45, 2.75) is 0 Å². The van der Waals surface area contributed by atoms with Gasteiger partial charge in [-0.2, -0.15) is 5.26 Å². The van der Waals surface area contributed by atoms with Crippen LogP contribution in [0.3, 0.4) is 0 Å². The third-order valence-electron chi connectivity index (χ3n) is 2.99. The first kappa shape index (κ1) is 13.8. The number of benzene rings is 1. The molecule has 1 amide bonds. The van der Waals surface area contributed by atoms with Crippen LogP contribution in [-0.4, -0.2) is 19.1 Å². The number of fused-ring (bicyclic) bond motifs is 1. The molecule has 0 spiro atoms. The van der Waals surface area contributed by atoms with Gasteiger partial charge >= 0.3 is 0 Å². The van der Waals surface area contributed by atoms with Crippen LogP contribution in [0.5, 0.6) is 11.5 Å². The summed E-state index contributed by atoms with van der Waals surface area (Å²) in [5, 5.41) is 11.7. The second kappa shape index (κ2) is 6.06.